The van der Waals surface area contributed by atoms with Crippen LogP contribution >= 0.6 is 22.7 Å². The molecule has 0 fully saturated rings. The van der Waals surface area contributed by atoms with E-state index < -0.39 is 0 Å². The van der Waals surface area contributed by atoms with E-state index in [-0.39, 0.29) is 12.0 Å². The quantitative estimate of drug-likeness (QED) is 0.616. The molecule has 0 unspecified atom stereocenters. The third-order valence-electron chi connectivity index (χ3n) is 3.52. The monoisotopic (exact) mass is 372 g/mol. The van der Waals surface area contributed by atoms with Crippen molar-refractivity contribution in [2.45, 2.75) is 26.5 Å². The third-order valence-corrected chi connectivity index (χ3v) is 5.27. The normalized spacial score (nSPS) is 10.9. The summed E-state index contributed by atoms with van der Waals surface area (Å²) in [6.45, 7) is 4.60. The summed E-state index contributed by atoms with van der Waals surface area (Å²) in [5.74, 6) is 0.776. The fourth-order valence-corrected chi connectivity index (χ4v) is 3.91. The second-order valence-electron chi connectivity index (χ2n) is 5.97. The van der Waals surface area contributed by atoms with Crippen molar-refractivity contribution in [3.63, 3.8) is 0 Å². The molecular weight excluding hydrogens is 352 g/mol. The number of benzene rings is 1. The van der Waals surface area contributed by atoms with Crippen LogP contribution in [-0.4, -0.2) is 28.9 Å². The number of ether oxygens (including phenoxy) is 1. The van der Waals surface area contributed by atoms with E-state index in [0.29, 0.717) is 12.2 Å². The van der Waals surface area contributed by atoms with Crippen LogP contribution in [0.3, 0.4) is 0 Å². The van der Waals surface area contributed by atoms with Crippen LogP contribution < -0.4 is 4.74 Å². The molecule has 1 aromatic carbocycles. The predicted octanol–water partition coefficient (Wildman–Crippen LogP) is 4.93. The predicted molar refractivity (Wildman–Crippen MR) is 103 cm³/mol. The molecule has 2 heterocycles. The lowest BCUT2D eigenvalue weighted by Gasteiger charge is -2.14. The van der Waals surface area contributed by atoms with E-state index in [4.69, 9.17) is 4.74 Å². The molecule has 1 amide bonds. The highest BCUT2D eigenvalue weighted by atomic mass is 32.1. The van der Waals surface area contributed by atoms with Gasteiger partial charge in [-0.1, -0.05) is 6.07 Å². The summed E-state index contributed by atoms with van der Waals surface area (Å²) >= 11 is 3.13. The smallest absolute Gasteiger partial charge is 0.273 e. The Morgan fingerprint density at radius 3 is 2.60 bits per heavy atom. The molecule has 0 atom stereocenters. The van der Waals surface area contributed by atoms with Crippen molar-refractivity contribution >= 4 is 28.6 Å². The van der Waals surface area contributed by atoms with Gasteiger partial charge in [0.25, 0.3) is 5.91 Å². The molecule has 0 radical (unpaired) electrons. The summed E-state index contributed by atoms with van der Waals surface area (Å²) in [5, 5.41) is 4.67. The van der Waals surface area contributed by atoms with Gasteiger partial charge in [-0.2, -0.15) is 0 Å². The Hall–Kier alpha value is -2.18. The van der Waals surface area contributed by atoms with Crippen molar-refractivity contribution in [2.24, 2.45) is 0 Å². The van der Waals surface area contributed by atoms with Crippen LogP contribution in [0.5, 0.6) is 5.75 Å². The number of aromatic nitrogens is 1. The summed E-state index contributed by atoms with van der Waals surface area (Å²) in [6, 6.07) is 11.8. The lowest BCUT2D eigenvalue weighted by Crippen LogP contribution is -2.26. The van der Waals surface area contributed by atoms with Gasteiger partial charge in [0.15, 0.2) is 0 Å². The maximum Gasteiger partial charge on any atom is 0.273 e. The van der Waals surface area contributed by atoms with Crippen LogP contribution in [0.15, 0.2) is 47.2 Å². The first kappa shape index (κ1) is 17.6. The number of amides is 1. The van der Waals surface area contributed by atoms with Gasteiger partial charge in [-0.25, -0.2) is 4.98 Å². The molecule has 3 rings (SSSR count). The SMILES string of the molecule is CC(C)Oc1ccc(-c2nc(C(=O)N(C)Cc3cccs3)cs2)cc1. The molecule has 4 nitrogen and oxygen atoms in total. The van der Waals surface area contributed by atoms with Gasteiger partial charge in [0, 0.05) is 22.9 Å². The Morgan fingerprint density at radius 1 is 1.20 bits per heavy atom. The molecule has 0 bridgehead atoms. The molecule has 0 aliphatic carbocycles. The number of carbonyl (C=O) groups is 1. The van der Waals surface area contributed by atoms with Crippen molar-refractivity contribution in [2.75, 3.05) is 7.05 Å². The van der Waals surface area contributed by atoms with Gasteiger partial charge in [0.2, 0.25) is 0 Å². The topological polar surface area (TPSA) is 42.4 Å². The Bertz CT molecular complexity index is 823. The van der Waals surface area contributed by atoms with Crippen LogP contribution in [-0.2, 0) is 6.54 Å². The minimum atomic E-state index is -0.0596. The second-order valence-corrected chi connectivity index (χ2v) is 7.86. The van der Waals surface area contributed by atoms with Crippen LogP contribution in [0.4, 0.5) is 0 Å². The van der Waals surface area contributed by atoms with Crippen molar-refractivity contribution in [1.82, 2.24) is 9.88 Å². The first-order valence-electron chi connectivity index (χ1n) is 8.03. The van der Waals surface area contributed by atoms with Crippen LogP contribution in [0, 0.1) is 0 Å². The zero-order valence-corrected chi connectivity index (χ0v) is 16.1. The third kappa shape index (κ3) is 4.46. The number of carbonyl (C=O) groups excluding carboxylic acids is 1. The van der Waals surface area contributed by atoms with E-state index in [2.05, 4.69) is 4.98 Å². The highest BCUT2D eigenvalue weighted by Crippen LogP contribution is 2.26. The maximum absolute atomic E-state index is 12.5. The van der Waals surface area contributed by atoms with Gasteiger partial charge in [-0.05, 0) is 49.6 Å². The molecular formula is C19H20N2O2S2. The minimum Gasteiger partial charge on any atom is -0.491 e. The standard InChI is InChI=1S/C19H20N2O2S2/c1-13(2)23-15-8-6-14(7-9-15)18-20-17(12-25-18)19(22)21(3)11-16-5-4-10-24-16/h4-10,12-13H,11H2,1-3H3. The Kier molecular flexibility index (Phi) is 5.50. The fourth-order valence-electron chi connectivity index (χ4n) is 2.36. The fraction of sp³-hybridized carbons (Fsp3) is 0.263. The van der Waals surface area contributed by atoms with Crippen molar-refractivity contribution in [1.29, 1.82) is 0 Å². The van der Waals surface area contributed by atoms with Crippen molar-refractivity contribution in [3.05, 3.63) is 57.7 Å². The van der Waals surface area contributed by atoms with Gasteiger partial charge in [0.1, 0.15) is 16.5 Å². The lowest BCUT2D eigenvalue weighted by molar-refractivity contribution is 0.0781. The van der Waals surface area contributed by atoms with E-state index in [0.717, 1.165) is 21.2 Å². The van der Waals surface area contributed by atoms with Gasteiger partial charge in [-0.15, -0.1) is 22.7 Å². The van der Waals surface area contributed by atoms with E-state index in [9.17, 15) is 4.79 Å². The molecule has 0 N–H and O–H groups in total. The van der Waals surface area contributed by atoms with Crippen LogP contribution in [0.25, 0.3) is 10.6 Å². The molecule has 0 aliphatic heterocycles. The molecule has 0 spiro atoms. The van der Waals surface area contributed by atoms with Gasteiger partial charge in [-0.3, -0.25) is 4.79 Å². The highest BCUT2D eigenvalue weighted by Gasteiger charge is 2.16. The molecule has 6 heteroatoms. The minimum absolute atomic E-state index is 0.0596. The first-order valence-corrected chi connectivity index (χ1v) is 9.79. The molecule has 0 aliphatic rings. The maximum atomic E-state index is 12.5. The zero-order valence-electron chi connectivity index (χ0n) is 14.4. The number of hydrogen-bond donors (Lipinski definition) is 0. The summed E-state index contributed by atoms with van der Waals surface area (Å²) in [7, 11) is 1.80. The molecule has 25 heavy (non-hydrogen) atoms. The molecule has 3 aromatic rings. The van der Waals surface area contributed by atoms with Crippen LogP contribution in [0.2, 0.25) is 0 Å². The average molecular weight is 373 g/mol. The second kappa shape index (κ2) is 7.80. The van der Waals surface area contributed by atoms with Gasteiger partial charge < -0.3 is 9.64 Å². The number of thiophene rings is 1. The summed E-state index contributed by atoms with van der Waals surface area (Å²) in [5.41, 5.74) is 1.47. The zero-order chi connectivity index (χ0) is 17.8. The van der Waals surface area contributed by atoms with E-state index in [1.165, 1.54) is 11.3 Å². The van der Waals surface area contributed by atoms with Gasteiger partial charge >= 0.3 is 0 Å². The highest BCUT2D eigenvalue weighted by molar-refractivity contribution is 7.13. The molecule has 130 valence electrons. The summed E-state index contributed by atoms with van der Waals surface area (Å²) < 4.78 is 5.65. The number of rotatable bonds is 6. The van der Waals surface area contributed by atoms with E-state index in [1.807, 2.05) is 61.0 Å². The van der Waals surface area contributed by atoms with Crippen molar-refractivity contribution < 1.29 is 9.53 Å². The molecule has 0 saturated carbocycles. The summed E-state index contributed by atoms with van der Waals surface area (Å²) in [4.78, 5) is 19.9. The Morgan fingerprint density at radius 2 is 1.96 bits per heavy atom. The first-order chi connectivity index (χ1) is 12.0. The number of hydrogen-bond acceptors (Lipinski definition) is 5. The van der Waals surface area contributed by atoms with E-state index >= 15 is 0 Å². The van der Waals surface area contributed by atoms with Crippen molar-refractivity contribution in [3.8, 4) is 16.3 Å². The number of nitrogens with zero attached hydrogens (tertiary/aromatic N) is 2. The summed E-state index contributed by atoms with van der Waals surface area (Å²) in [6.07, 6.45) is 0.147. The van der Waals surface area contributed by atoms with E-state index in [1.54, 1.807) is 23.3 Å². The molecule has 0 saturated heterocycles. The van der Waals surface area contributed by atoms with Crippen LogP contribution in [0.1, 0.15) is 29.2 Å². The largest absolute Gasteiger partial charge is 0.491 e. The molecule has 2 aromatic heterocycles. The lowest BCUT2D eigenvalue weighted by atomic mass is 10.2. The average Bonchev–Trinajstić information content (AvgIpc) is 3.26. The Balaban J connectivity index is 1.70. The van der Waals surface area contributed by atoms with Gasteiger partial charge in [0.05, 0.1) is 12.6 Å². The number of thiazole rings is 1. The Labute approximate surface area is 155 Å².